The zero-order chi connectivity index (χ0) is 9.84. The first-order valence-electron chi connectivity index (χ1n) is 4.99. The zero-order valence-electron chi connectivity index (χ0n) is 9.12. The molecular formula is C10H21NO2. The molecule has 0 spiro atoms. The van der Waals surface area contributed by atoms with Gasteiger partial charge in [0.25, 0.3) is 0 Å². The van der Waals surface area contributed by atoms with E-state index in [1.165, 1.54) is 0 Å². The SMILES string of the molecule is COC[C@@H]1C(OC(C)C)CCN1C. The predicted molar refractivity (Wildman–Crippen MR) is 52.9 cm³/mol. The molecule has 0 saturated carbocycles. The normalized spacial score (nSPS) is 30.2. The molecule has 0 amide bonds. The first-order chi connectivity index (χ1) is 6.15. The highest BCUT2D eigenvalue weighted by Gasteiger charge is 2.32. The van der Waals surface area contributed by atoms with Gasteiger partial charge in [0.2, 0.25) is 0 Å². The lowest BCUT2D eigenvalue weighted by atomic mass is 10.2. The Hall–Kier alpha value is -0.120. The maximum atomic E-state index is 5.83. The molecule has 0 bridgehead atoms. The summed E-state index contributed by atoms with van der Waals surface area (Å²) in [5.74, 6) is 0. The molecule has 1 rings (SSSR count). The minimum absolute atomic E-state index is 0.316. The Morgan fingerprint density at radius 3 is 2.69 bits per heavy atom. The van der Waals surface area contributed by atoms with E-state index in [-0.39, 0.29) is 0 Å². The van der Waals surface area contributed by atoms with E-state index < -0.39 is 0 Å². The van der Waals surface area contributed by atoms with Gasteiger partial charge >= 0.3 is 0 Å². The molecule has 3 heteroatoms. The average Bonchev–Trinajstić information content (AvgIpc) is 2.35. The fourth-order valence-electron chi connectivity index (χ4n) is 1.89. The van der Waals surface area contributed by atoms with Gasteiger partial charge in [0.1, 0.15) is 0 Å². The Balaban J connectivity index is 2.43. The van der Waals surface area contributed by atoms with Crippen molar-refractivity contribution in [1.29, 1.82) is 0 Å². The molecule has 0 aromatic rings. The summed E-state index contributed by atoms with van der Waals surface area (Å²) in [6.45, 7) is 6.06. The maximum Gasteiger partial charge on any atom is 0.0768 e. The average molecular weight is 187 g/mol. The largest absolute Gasteiger partial charge is 0.383 e. The molecule has 0 N–H and O–H groups in total. The van der Waals surface area contributed by atoms with Gasteiger partial charge in [-0.15, -0.1) is 0 Å². The van der Waals surface area contributed by atoms with Crippen molar-refractivity contribution in [2.24, 2.45) is 0 Å². The molecule has 2 atom stereocenters. The molecule has 1 fully saturated rings. The third kappa shape index (κ3) is 2.93. The number of likely N-dealkylation sites (N-methyl/N-ethyl adjacent to an activating group) is 1. The van der Waals surface area contributed by atoms with Crippen molar-refractivity contribution in [3.63, 3.8) is 0 Å². The molecular weight excluding hydrogens is 166 g/mol. The van der Waals surface area contributed by atoms with E-state index >= 15 is 0 Å². The standard InChI is InChI=1S/C10H21NO2/c1-8(2)13-10-5-6-11(3)9(10)7-12-4/h8-10H,5-7H2,1-4H3/t9-,10?/m1/s1. The molecule has 13 heavy (non-hydrogen) atoms. The first-order valence-corrected chi connectivity index (χ1v) is 4.99. The van der Waals surface area contributed by atoms with Gasteiger partial charge in [-0.1, -0.05) is 0 Å². The van der Waals surface area contributed by atoms with Crippen LogP contribution in [0, 0.1) is 0 Å². The molecule has 0 radical (unpaired) electrons. The maximum absolute atomic E-state index is 5.83. The van der Waals surface area contributed by atoms with E-state index in [4.69, 9.17) is 9.47 Å². The van der Waals surface area contributed by atoms with Gasteiger partial charge in [-0.3, -0.25) is 4.90 Å². The lowest BCUT2D eigenvalue weighted by Crippen LogP contribution is -2.38. The van der Waals surface area contributed by atoms with Gasteiger partial charge in [0.05, 0.1) is 24.9 Å². The summed E-state index contributed by atoms with van der Waals surface area (Å²) in [7, 11) is 3.88. The Kier molecular flexibility index (Phi) is 4.16. The van der Waals surface area contributed by atoms with Crippen LogP contribution >= 0.6 is 0 Å². The van der Waals surface area contributed by atoms with Crippen LogP contribution < -0.4 is 0 Å². The van der Waals surface area contributed by atoms with Crippen molar-refractivity contribution in [3.8, 4) is 0 Å². The Morgan fingerprint density at radius 1 is 1.46 bits per heavy atom. The molecule has 0 aromatic carbocycles. The molecule has 0 aromatic heterocycles. The highest BCUT2D eigenvalue weighted by molar-refractivity contribution is 4.86. The molecule has 1 heterocycles. The van der Waals surface area contributed by atoms with Crippen molar-refractivity contribution in [1.82, 2.24) is 4.90 Å². The van der Waals surface area contributed by atoms with Crippen LogP contribution in [-0.4, -0.2) is 50.5 Å². The number of hydrogen-bond acceptors (Lipinski definition) is 3. The summed E-state index contributed by atoms with van der Waals surface area (Å²) in [4.78, 5) is 2.32. The zero-order valence-corrected chi connectivity index (χ0v) is 9.12. The van der Waals surface area contributed by atoms with Crippen LogP contribution in [0.4, 0.5) is 0 Å². The van der Waals surface area contributed by atoms with Gasteiger partial charge in [-0.25, -0.2) is 0 Å². The minimum Gasteiger partial charge on any atom is -0.383 e. The molecule has 1 unspecified atom stereocenters. The fourth-order valence-corrected chi connectivity index (χ4v) is 1.89. The van der Waals surface area contributed by atoms with E-state index in [2.05, 4.69) is 25.8 Å². The van der Waals surface area contributed by atoms with Gasteiger partial charge < -0.3 is 9.47 Å². The van der Waals surface area contributed by atoms with Gasteiger partial charge in [-0.05, 0) is 27.3 Å². The van der Waals surface area contributed by atoms with Crippen LogP contribution in [0.2, 0.25) is 0 Å². The highest BCUT2D eigenvalue weighted by Crippen LogP contribution is 2.20. The monoisotopic (exact) mass is 187 g/mol. The third-order valence-electron chi connectivity index (χ3n) is 2.55. The second-order valence-electron chi connectivity index (χ2n) is 4.02. The summed E-state index contributed by atoms with van der Waals surface area (Å²) in [6, 6.07) is 0.437. The molecule has 1 aliphatic rings. The van der Waals surface area contributed by atoms with E-state index in [0.717, 1.165) is 19.6 Å². The van der Waals surface area contributed by atoms with Gasteiger partial charge in [0, 0.05) is 13.7 Å². The number of rotatable bonds is 4. The van der Waals surface area contributed by atoms with Crippen molar-refractivity contribution in [2.75, 3.05) is 27.3 Å². The molecule has 0 aliphatic carbocycles. The minimum atomic E-state index is 0.316. The van der Waals surface area contributed by atoms with E-state index in [0.29, 0.717) is 18.2 Å². The Bertz CT molecular complexity index is 150. The Morgan fingerprint density at radius 2 is 2.15 bits per heavy atom. The number of likely N-dealkylation sites (tertiary alicyclic amines) is 1. The van der Waals surface area contributed by atoms with Crippen LogP contribution in [0.1, 0.15) is 20.3 Å². The molecule has 1 aliphatic heterocycles. The summed E-state index contributed by atoms with van der Waals surface area (Å²) in [5, 5.41) is 0. The van der Waals surface area contributed by atoms with E-state index in [1.54, 1.807) is 7.11 Å². The van der Waals surface area contributed by atoms with E-state index in [1.807, 2.05) is 0 Å². The molecule has 1 saturated heterocycles. The fraction of sp³-hybridized carbons (Fsp3) is 1.00. The van der Waals surface area contributed by atoms with Crippen LogP contribution in [0.15, 0.2) is 0 Å². The van der Waals surface area contributed by atoms with Crippen LogP contribution in [0.3, 0.4) is 0 Å². The van der Waals surface area contributed by atoms with Gasteiger partial charge in [-0.2, -0.15) is 0 Å². The van der Waals surface area contributed by atoms with E-state index in [9.17, 15) is 0 Å². The quantitative estimate of drug-likeness (QED) is 0.658. The highest BCUT2D eigenvalue weighted by atomic mass is 16.5. The number of methoxy groups -OCH3 is 1. The van der Waals surface area contributed by atoms with Crippen LogP contribution in [0.25, 0.3) is 0 Å². The van der Waals surface area contributed by atoms with Crippen molar-refractivity contribution < 1.29 is 9.47 Å². The lowest BCUT2D eigenvalue weighted by Gasteiger charge is -2.25. The number of hydrogen-bond donors (Lipinski definition) is 0. The summed E-state index contributed by atoms with van der Waals surface area (Å²) < 4.78 is 11.0. The second-order valence-corrected chi connectivity index (χ2v) is 4.02. The Labute approximate surface area is 81.0 Å². The second kappa shape index (κ2) is 4.94. The smallest absolute Gasteiger partial charge is 0.0768 e. The van der Waals surface area contributed by atoms with Crippen molar-refractivity contribution in [3.05, 3.63) is 0 Å². The summed E-state index contributed by atoms with van der Waals surface area (Å²) in [5.41, 5.74) is 0. The summed E-state index contributed by atoms with van der Waals surface area (Å²) >= 11 is 0. The molecule has 3 nitrogen and oxygen atoms in total. The number of nitrogens with zero attached hydrogens (tertiary/aromatic N) is 1. The first kappa shape index (κ1) is 11.0. The topological polar surface area (TPSA) is 21.7 Å². The van der Waals surface area contributed by atoms with Crippen molar-refractivity contribution >= 4 is 0 Å². The van der Waals surface area contributed by atoms with Gasteiger partial charge in [0.15, 0.2) is 0 Å². The van der Waals surface area contributed by atoms with Crippen LogP contribution in [0.5, 0.6) is 0 Å². The summed E-state index contributed by atoms with van der Waals surface area (Å²) in [6.07, 6.45) is 1.80. The molecule has 78 valence electrons. The lowest BCUT2D eigenvalue weighted by molar-refractivity contribution is -0.0274. The predicted octanol–water partition coefficient (Wildman–Crippen LogP) is 1.13. The third-order valence-corrected chi connectivity index (χ3v) is 2.55. The van der Waals surface area contributed by atoms with Crippen molar-refractivity contribution in [2.45, 2.75) is 38.5 Å². The van der Waals surface area contributed by atoms with Crippen LogP contribution in [-0.2, 0) is 9.47 Å². The number of ether oxygens (including phenoxy) is 2.